The van der Waals surface area contributed by atoms with Crippen molar-refractivity contribution >= 4 is 5.69 Å². The third-order valence-corrected chi connectivity index (χ3v) is 2.56. The van der Waals surface area contributed by atoms with Gasteiger partial charge in [-0.15, -0.1) is 0 Å². The van der Waals surface area contributed by atoms with Crippen LogP contribution < -0.4 is 10.1 Å². The maximum absolute atomic E-state index is 10.9. The van der Waals surface area contributed by atoms with Crippen LogP contribution >= 0.6 is 0 Å². The Bertz CT molecular complexity index is 410. The van der Waals surface area contributed by atoms with Crippen LogP contribution in [-0.2, 0) is 11.3 Å². The number of nitrogens with zero attached hydrogens (tertiary/aromatic N) is 1. The molecule has 0 amide bonds. The molecule has 1 N–H and O–H groups in total. The normalized spacial score (nSPS) is 10.4. The Hall–Kier alpha value is -1.66. The van der Waals surface area contributed by atoms with Gasteiger partial charge in [-0.05, 0) is 24.6 Å². The molecule has 0 aliphatic carbocycles. The lowest BCUT2D eigenvalue weighted by Crippen LogP contribution is -2.20. The van der Waals surface area contributed by atoms with E-state index in [9.17, 15) is 10.1 Å². The van der Waals surface area contributed by atoms with Gasteiger partial charge in [0.15, 0.2) is 5.75 Å². The summed E-state index contributed by atoms with van der Waals surface area (Å²) in [6.45, 7) is 4.80. The summed E-state index contributed by atoms with van der Waals surface area (Å²) in [6, 6.07) is 4.84. The lowest BCUT2D eigenvalue weighted by atomic mass is 10.2. The van der Waals surface area contributed by atoms with Crippen molar-refractivity contribution in [1.29, 1.82) is 0 Å². The highest BCUT2D eigenvalue weighted by Crippen LogP contribution is 2.27. The Kier molecular flexibility index (Phi) is 6.84. The Morgan fingerprint density at radius 3 is 2.79 bits per heavy atom. The quantitative estimate of drug-likeness (QED) is 0.422. The van der Waals surface area contributed by atoms with Crippen LogP contribution in [0.25, 0.3) is 0 Å². The van der Waals surface area contributed by atoms with E-state index in [0.717, 1.165) is 25.1 Å². The summed E-state index contributed by atoms with van der Waals surface area (Å²) in [5, 5.41) is 14.1. The topological polar surface area (TPSA) is 73.6 Å². The van der Waals surface area contributed by atoms with E-state index in [0.29, 0.717) is 13.2 Å². The Labute approximate surface area is 112 Å². The maximum atomic E-state index is 10.9. The summed E-state index contributed by atoms with van der Waals surface area (Å²) in [7, 11) is 1.41. The number of nitro benzene ring substituents is 1. The van der Waals surface area contributed by atoms with E-state index in [-0.39, 0.29) is 11.4 Å². The fourth-order valence-electron chi connectivity index (χ4n) is 1.60. The van der Waals surface area contributed by atoms with Gasteiger partial charge in [-0.1, -0.05) is 13.0 Å². The van der Waals surface area contributed by atoms with Crippen molar-refractivity contribution in [3.05, 3.63) is 33.9 Å². The zero-order valence-electron chi connectivity index (χ0n) is 11.3. The molecule has 0 fully saturated rings. The highest BCUT2D eigenvalue weighted by atomic mass is 16.6. The van der Waals surface area contributed by atoms with Crippen LogP contribution in [-0.4, -0.2) is 31.7 Å². The van der Waals surface area contributed by atoms with E-state index < -0.39 is 4.92 Å². The first-order chi connectivity index (χ1) is 9.19. The first-order valence-electron chi connectivity index (χ1n) is 6.28. The number of hydrogen-bond donors (Lipinski definition) is 1. The number of nitro groups is 1. The van der Waals surface area contributed by atoms with E-state index in [1.54, 1.807) is 12.1 Å². The molecule has 0 spiro atoms. The van der Waals surface area contributed by atoms with Crippen LogP contribution in [0.3, 0.4) is 0 Å². The monoisotopic (exact) mass is 268 g/mol. The van der Waals surface area contributed by atoms with Gasteiger partial charge in [-0.25, -0.2) is 0 Å². The molecule has 106 valence electrons. The Morgan fingerprint density at radius 1 is 1.37 bits per heavy atom. The van der Waals surface area contributed by atoms with Crippen LogP contribution in [0.2, 0.25) is 0 Å². The summed E-state index contributed by atoms with van der Waals surface area (Å²) in [5.41, 5.74) is 0.732. The van der Waals surface area contributed by atoms with E-state index in [2.05, 4.69) is 12.2 Å². The predicted octanol–water partition coefficient (Wildman–Crippen LogP) is 2.12. The number of nitrogens with one attached hydrogen (secondary N) is 1. The Balaban J connectivity index is 2.46. The van der Waals surface area contributed by atoms with Gasteiger partial charge in [-0.3, -0.25) is 10.1 Å². The van der Waals surface area contributed by atoms with E-state index in [4.69, 9.17) is 9.47 Å². The summed E-state index contributed by atoms with van der Waals surface area (Å²) in [5.74, 6) is 0.262. The molecule has 6 nitrogen and oxygen atoms in total. The number of methoxy groups -OCH3 is 1. The fourth-order valence-corrected chi connectivity index (χ4v) is 1.60. The SMILES string of the molecule is CCCNCCOCc1ccc(OC)c([N+](=O)[O-])c1. The van der Waals surface area contributed by atoms with Gasteiger partial charge in [0.2, 0.25) is 0 Å². The molecule has 0 aliphatic rings. The second-order valence-corrected chi connectivity index (χ2v) is 4.07. The fraction of sp³-hybridized carbons (Fsp3) is 0.538. The smallest absolute Gasteiger partial charge is 0.311 e. The van der Waals surface area contributed by atoms with Crippen molar-refractivity contribution in [3.8, 4) is 5.75 Å². The van der Waals surface area contributed by atoms with Crippen LogP contribution in [0.1, 0.15) is 18.9 Å². The van der Waals surface area contributed by atoms with Gasteiger partial charge < -0.3 is 14.8 Å². The third kappa shape index (κ3) is 5.23. The minimum atomic E-state index is -0.453. The van der Waals surface area contributed by atoms with Gasteiger partial charge in [0, 0.05) is 12.6 Å². The second-order valence-electron chi connectivity index (χ2n) is 4.07. The molecule has 1 aromatic rings. The van der Waals surface area contributed by atoms with Crippen LogP contribution in [0.15, 0.2) is 18.2 Å². The third-order valence-electron chi connectivity index (χ3n) is 2.56. The molecule has 1 aromatic carbocycles. The van der Waals surface area contributed by atoms with Gasteiger partial charge in [0.05, 0.1) is 25.2 Å². The molecule has 0 radical (unpaired) electrons. The number of hydrogen-bond acceptors (Lipinski definition) is 5. The lowest BCUT2D eigenvalue weighted by molar-refractivity contribution is -0.385. The lowest BCUT2D eigenvalue weighted by Gasteiger charge is -2.07. The number of rotatable bonds is 9. The van der Waals surface area contributed by atoms with E-state index in [1.807, 2.05) is 0 Å². The summed E-state index contributed by atoms with van der Waals surface area (Å²) in [6.07, 6.45) is 1.09. The second kappa shape index (κ2) is 8.44. The average Bonchev–Trinajstić information content (AvgIpc) is 2.42. The Morgan fingerprint density at radius 2 is 2.16 bits per heavy atom. The highest BCUT2D eigenvalue weighted by Gasteiger charge is 2.14. The minimum absolute atomic E-state index is 0.0345. The molecule has 6 heteroatoms. The first-order valence-corrected chi connectivity index (χ1v) is 6.28. The molecular weight excluding hydrogens is 248 g/mol. The molecular formula is C13H20N2O4. The molecule has 0 unspecified atom stereocenters. The summed E-state index contributed by atoms with van der Waals surface area (Å²) in [4.78, 5) is 10.4. The van der Waals surface area contributed by atoms with Crippen molar-refractivity contribution in [3.63, 3.8) is 0 Å². The molecule has 1 rings (SSSR count). The molecule has 0 saturated carbocycles. The zero-order valence-corrected chi connectivity index (χ0v) is 11.3. The molecule has 19 heavy (non-hydrogen) atoms. The minimum Gasteiger partial charge on any atom is -0.490 e. The predicted molar refractivity (Wildman–Crippen MR) is 72.5 cm³/mol. The molecule has 0 bridgehead atoms. The van der Waals surface area contributed by atoms with Crippen molar-refractivity contribution < 1.29 is 14.4 Å². The molecule has 0 saturated heterocycles. The van der Waals surface area contributed by atoms with E-state index >= 15 is 0 Å². The van der Waals surface area contributed by atoms with Crippen molar-refractivity contribution in [1.82, 2.24) is 5.32 Å². The zero-order chi connectivity index (χ0) is 14.1. The largest absolute Gasteiger partial charge is 0.490 e. The van der Waals surface area contributed by atoms with Gasteiger partial charge in [0.25, 0.3) is 0 Å². The molecule has 0 aromatic heterocycles. The van der Waals surface area contributed by atoms with Gasteiger partial charge >= 0.3 is 5.69 Å². The highest BCUT2D eigenvalue weighted by molar-refractivity contribution is 5.48. The standard InChI is InChI=1S/C13H20N2O4/c1-3-6-14-7-8-19-10-11-4-5-13(18-2)12(9-11)15(16)17/h4-5,9,14H,3,6-8,10H2,1-2H3. The first kappa shape index (κ1) is 15.4. The average molecular weight is 268 g/mol. The number of ether oxygens (including phenoxy) is 2. The van der Waals surface area contributed by atoms with Gasteiger partial charge in [-0.2, -0.15) is 0 Å². The molecule has 0 atom stereocenters. The van der Waals surface area contributed by atoms with E-state index in [1.165, 1.54) is 13.2 Å². The van der Waals surface area contributed by atoms with Crippen LogP contribution in [0.4, 0.5) is 5.69 Å². The van der Waals surface area contributed by atoms with Crippen LogP contribution in [0.5, 0.6) is 5.75 Å². The van der Waals surface area contributed by atoms with Crippen molar-refractivity contribution in [2.45, 2.75) is 20.0 Å². The van der Waals surface area contributed by atoms with Crippen molar-refractivity contribution in [2.24, 2.45) is 0 Å². The van der Waals surface area contributed by atoms with Gasteiger partial charge in [0.1, 0.15) is 0 Å². The summed E-state index contributed by atoms with van der Waals surface area (Å²) < 4.78 is 10.4. The van der Waals surface area contributed by atoms with Crippen LogP contribution in [0, 0.1) is 10.1 Å². The van der Waals surface area contributed by atoms with Crippen molar-refractivity contribution in [2.75, 3.05) is 26.8 Å². The molecule has 0 aliphatic heterocycles. The molecule has 0 heterocycles. The number of benzene rings is 1. The summed E-state index contributed by atoms with van der Waals surface area (Å²) >= 11 is 0. The maximum Gasteiger partial charge on any atom is 0.311 e.